The molecule has 1 rings (SSSR count). The van der Waals surface area contributed by atoms with E-state index in [9.17, 15) is 8.42 Å². The second-order valence-electron chi connectivity index (χ2n) is 1.94. The fourth-order valence-corrected chi connectivity index (χ4v) is 1.52. The van der Waals surface area contributed by atoms with Gasteiger partial charge in [0.2, 0.25) is 0 Å². The molecule has 1 heterocycles. The molecule has 0 bridgehead atoms. The van der Waals surface area contributed by atoms with Gasteiger partial charge in [-0.1, -0.05) is 6.08 Å². The lowest BCUT2D eigenvalue weighted by atomic mass is 10.3. The molecule has 0 N–H and O–H groups in total. The van der Waals surface area contributed by atoms with Gasteiger partial charge in [0.1, 0.15) is 6.10 Å². The molecule has 4 nitrogen and oxygen atoms in total. The summed E-state index contributed by atoms with van der Waals surface area (Å²) in [6.45, 7) is 3.55. The van der Waals surface area contributed by atoms with E-state index in [-0.39, 0.29) is 12.7 Å². The van der Waals surface area contributed by atoms with Crippen LogP contribution in [0.25, 0.3) is 0 Å². The van der Waals surface area contributed by atoms with Crippen molar-refractivity contribution < 1.29 is 16.8 Å². The maximum atomic E-state index is 10.4. The second-order valence-corrected chi connectivity index (χ2v) is 3.18. The Kier molecular flexibility index (Phi) is 2.08. The first kappa shape index (κ1) is 7.71. The van der Waals surface area contributed by atoms with Crippen LogP contribution in [0.1, 0.15) is 6.42 Å². The molecule has 1 aliphatic rings. The highest BCUT2D eigenvalue weighted by molar-refractivity contribution is 7.82. The summed E-state index contributed by atoms with van der Waals surface area (Å²) in [5, 5.41) is 0. The van der Waals surface area contributed by atoms with Gasteiger partial charge in [-0.15, -0.1) is 6.58 Å². The molecule has 1 atom stereocenters. The Morgan fingerprint density at radius 2 is 2.40 bits per heavy atom. The summed E-state index contributed by atoms with van der Waals surface area (Å²) in [5.74, 6) is 0. The van der Waals surface area contributed by atoms with E-state index in [0.717, 1.165) is 0 Å². The Bertz CT molecular complexity index is 218. The lowest BCUT2D eigenvalue weighted by molar-refractivity contribution is 0.239. The molecular formula is C5H8O4S. The van der Waals surface area contributed by atoms with E-state index in [4.69, 9.17) is 0 Å². The van der Waals surface area contributed by atoms with Crippen LogP contribution in [0.2, 0.25) is 0 Å². The van der Waals surface area contributed by atoms with Gasteiger partial charge in [-0.2, -0.15) is 8.42 Å². The fourth-order valence-electron chi connectivity index (χ4n) is 0.675. The van der Waals surface area contributed by atoms with E-state index in [1.807, 2.05) is 0 Å². The minimum atomic E-state index is -3.67. The maximum Gasteiger partial charge on any atom is 0.400 e. The van der Waals surface area contributed by atoms with Crippen LogP contribution in [0, 0.1) is 0 Å². The SMILES string of the molecule is C=CCC1COS(=O)(=O)O1. The predicted molar refractivity (Wildman–Crippen MR) is 34.6 cm³/mol. The van der Waals surface area contributed by atoms with Crippen LogP contribution in [0.5, 0.6) is 0 Å². The molecule has 10 heavy (non-hydrogen) atoms. The molecule has 58 valence electrons. The largest absolute Gasteiger partial charge is 0.400 e. The Morgan fingerprint density at radius 3 is 2.80 bits per heavy atom. The summed E-state index contributed by atoms with van der Waals surface area (Å²) in [5.41, 5.74) is 0. The molecule has 0 aromatic carbocycles. The number of hydrogen-bond acceptors (Lipinski definition) is 4. The van der Waals surface area contributed by atoms with Gasteiger partial charge in [-0.3, -0.25) is 0 Å². The minimum absolute atomic E-state index is 0.106. The van der Waals surface area contributed by atoms with Crippen molar-refractivity contribution in [2.75, 3.05) is 6.61 Å². The Labute approximate surface area is 59.8 Å². The standard InChI is InChI=1S/C5H8O4S/c1-2-3-5-4-8-10(6,7)9-5/h2,5H,1,3-4H2. The topological polar surface area (TPSA) is 52.6 Å². The lowest BCUT2D eigenvalue weighted by Crippen LogP contribution is -2.07. The first-order valence-electron chi connectivity index (χ1n) is 2.82. The molecule has 0 radical (unpaired) electrons. The van der Waals surface area contributed by atoms with Gasteiger partial charge in [0, 0.05) is 0 Å². The third-order valence-corrected chi connectivity index (χ3v) is 2.01. The highest BCUT2D eigenvalue weighted by Gasteiger charge is 2.28. The van der Waals surface area contributed by atoms with Gasteiger partial charge in [0.15, 0.2) is 0 Å². The average molecular weight is 164 g/mol. The van der Waals surface area contributed by atoms with Gasteiger partial charge in [0.25, 0.3) is 0 Å². The van der Waals surface area contributed by atoms with Crippen LogP contribution < -0.4 is 0 Å². The van der Waals surface area contributed by atoms with Crippen LogP contribution in [-0.2, 0) is 18.8 Å². The normalized spacial score (nSPS) is 30.2. The van der Waals surface area contributed by atoms with Gasteiger partial charge in [-0.05, 0) is 6.42 Å². The van der Waals surface area contributed by atoms with Crippen LogP contribution in [0.4, 0.5) is 0 Å². The van der Waals surface area contributed by atoms with Crippen molar-refractivity contribution in [1.29, 1.82) is 0 Å². The van der Waals surface area contributed by atoms with Crippen molar-refractivity contribution in [2.45, 2.75) is 12.5 Å². The molecule has 1 aliphatic heterocycles. The molecular weight excluding hydrogens is 156 g/mol. The molecule has 1 fully saturated rings. The Hall–Kier alpha value is -0.390. The van der Waals surface area contributed by atoms with Crippen molar-refractivity contribution in [1.82, 2.24) is 0 Å². The number of rotatable bonds is 2. The van der Waals surface area contributed by atoms with Gasteiger partial charge in [-0.25, -0.2) is 8.37 Å². The molecule has 0 saturated carbocycles. The van der Waals surface area contributed by atoms with Gasteiger partial charge in [0.05, 0.1) is 6.61 Å². The van der Waals surface area contributed by atoms with E-state index in [1.165, 1.54) is 0 Å². The van der Waals surface area contributed by atoms with E-state index in [2.05, 4.69) is 14.9 Å². The summed E-state index contributed by atoms with van der Waals surface area (Å²) < 4.78 is 29.6. The first-order valence-corrected chi connectivity index (χ1v) is 4.16. The third-order valence-electron chi connectivity index (χ3n) is 1.08. The minimum Gasteiger partial charge on any atom is -0.245 e. The maximum absolute atomic E-state index is 10.4. The molecule has 1 saturated heterocycles. The van der Waals surface area contributed by atoms with Crippen LogP contribution in [0.3, 0.4) is 0 Å². The zero-order valence-electron chi connectivity index (χ0n) is 5.32. The quantitative estimate of drug-likeness (QED) is 0.548. The van der Waals surface area contributed by atoms with E-state index in [0.29, 0.717) is 6.42 Å². The van der Waals surface area contributed by atoms with E-state index in [1.54, 1.807) is 6.08 Å². The van der Waals surface area contributed by atoms with Crippen molar-refractivity contribution in [2.24, 2.45) is 0 Å². The summed E-state index contributed by atoms with van der Waals surface area (Å²) in [6.07, 6.45) is 1.72. The molecule has 0 aromatic rings. The fraction of sp³-hybridized carbons (Fsp3) is 0.600. The van der Waals surface area contributed by atoms with Crippen molar-refractivity contribution in [3.8, 4) is 0 Å². The molecule has 1 unspecified atom stereocenters. The zero-order valence-corrected chi connectivity index (χ0v) is 6.13. The molecule has 0 spiro atoms. The van der Waals surface area contributed by atoms with Crippen LogP contribution in [-0.4, -0.2) is 21.1 Å². The van der Waals surface area contributed by atoms with Gasteiger partial charge >= 0.3 is 10.4 Å². The Balaban J connectivity index is 2.51. The highest BCUT2D eigenvalue weighted by Crippen LogP contribution is 2.15. The molecule has 0 amide bonds. The number of hydrogen-bond donors (Lipinski definition) is 0. The third kappa shape index (κ3) is 1.80. The first-order chi connectivity index (χ1) is 4.64. The second kappa shape index (κ2) is 2.69. The summed E-state index contributed by atoms with van der Waals surface area (Å²) in [6, 6.07) is 0. The van der Waals surface area contributed by atoms with Crippen molar-refractivity contribution in [3.05, 3.63) is 12.7 Å². The lowest BCUT2D eigenvalue weighted by Gasteiger charge is -1.97. The monoisotopic (exact) mass is 164 g/mol. The zero-order chi connectivity index (χ0) is 7.61. The van der Waals surface area contributed by atoms with E-state index < -0.39 is 10.4 Å². The van der Waals surface area contributed by atoms with Gasteiger partial charge < -0.3 is 0 Å². The molecule has 0 aliphatic carbocycles. The molecule has 0 aromatic heterocycles. The predicted octanol–water partition coefficient (Wildman–Crippen LogP) is 0.223. The van der Waals surface area contributed by atoms with Crippen LogP contribution in [0.15, 0.2) is 12.7 Å². The van der Waals surface area contributed by atoms with Crippen molar-refractivity contribution >= 4 is 10.4 Å². The average Bonchev–Trinajstić information content (AvgIpc) is 2.12. The van der Waals surface area contributed by atoms with Crippen molar-refractivity contribution in [3.63, 3.8) is 0 Å². The smallest absolute Gasteiger partial charge is 0.245 e. The van der Waals surface area contributed by atoms with Crippen LogP contribution >= 0.6 is 0 Å². The van der Waals surface area contributed by atoms with E-state index >= 15 is 0 Å². The summed E-state index contributed by atoms with van der Waals surface area (Å²) >= 11 is 0. The molecule has 5 heteroatoms. The highest BCUT2D eigenvalue weighted by atomic mass is 32.3. The summed E-state index contributed by atoms with van der Waals surface area (Å²) in [4.78, 5) is 0. The Morgan fingerprint density at radius 1 is 1.70 bits per heavy atom. The summed E-state index contributed by atoms with van der Waals surface area (Å²) in [7, 11) is -3.67.